The molecule has 2 rings (SSSR count). The first-order chi connectivity index (χ1) is 6.79. The number of benzene rings is 1. The van der Waals surface area contributed by atoms with E-state index in [1.54, 1.807) is 0 Å². The van der Waals surface area contributed by atoms with Crippen LogP contribution in [0.3, 0.4) is 0 Å². The summed E-state index contributed by atoms with van der Waals surface area (Å²) >= 11 is 0. The number of hydrogen-bond acceptors (Lipinski definition) is 1. The Balaban J connectivity index is 2.16. The van der Waals surface area contributed by atoms with Crippen molar-refractivity contribution in [2.45, 2.75) is 32.6 Å². The van der Waals surface area contributed by atoms with Gasteiger partial charge in [0.05, 0.1) is 0 Å². The topological polar surface area (TPSA) is 20.2 Å². The Morgan fingerprint density at radius 1 is 1.21 bits per heavy atom. The average molecular weight is 190 g/mol. The number of aliphatic hydroxyl groups is 1. The molecule has 0 aromatic heterocycles. The van der Waals surface area contributed by atoms with Crippen molar-refractivity contribution in [3.63, 3.8) is 0 Å². The predicted molar refractivity (Wildman–Crippen MR) is 58.3 cm³/mol. The molecule has 0 bridgehead atoms. The molecule has 1 aliphatic carbocycles. The minimum atomic E-state index is 0.241. The summed E-state index contributed by atoms with van der Waals surface area (Å²) in [5.74, 6) is 0. The minimum Gasteiger partial charge on any atom is -0.396 e. The lowest BCUT2D eigenvalue weighted by molar-refractivity contribution is 0.211. The quantitative estimate of drug-likeness (QED) is 0.773. The van der Waals surface area contributed by atoms with Crippen LogP contribution in [-0.4, -0.2) is 11.7 Å². The van der Waals surface area contributed by atoms with Crippen molar-refractivity contribution < 1.29 is 5.11 Å². The normalized spacial score (nSPS) is 18.1. The van der Waals surface area contributed by atoms with Gasteiger partial charge in [-0.3, -0.25) is 0 Å². The van der Waals surface area contributed by atoms with E-state index in [4.69, 9.17) is 0 Å². The maximum Gasteiger partial charge on any atom is 0.0490 e. The Morgan fingerprint density at radius 2 is 1.86 bits per heavy atom. The number of aryl methyl sites for hydroxylation is 1. The SMILES string of the molecule is CCc1ccccc1CC1(CO)CC1. The van der Waals surface area contributed by atoms with Crippen LogP contribution < -0.4 is 0 Å². The van der Waals surface area contributed by atoms with Crippen molar-refractivity contribution in [1.29, 1.82) is 0 Å². The molecule has 0 amide bonds. The Bertz CT molecular complexity index is 313. The van der Waals surface area contributed by atoms with E-state index in [0.29, 0.717) is 6.61 Å². The molecule has 0 radical (unpaired) electrons. The molecule has 76 valence electrons. The molecule has 0 aliphatic heterocycles. The average Bonchev–Trinajstić information content (AvgIpc) is 2.99. The summed E-state index contributed by atoms with van der Waals surface area (Å²) in [6.45, 7) is 2.54. The first-order valence-electron chi connectivity index (χ1n) is 5.47. The molecular weight excluding hydrogens is 172 g/mol. The summed E-state index contributed by atoms with van der Waals surface area (Å²) in [5.41, 5.74) is 3.11. The smallest absolute Gasteiger partial charge is 0.0490 e. The summed E-state index contributed by atoms with van der Waals surface area (Å²) in [7, 11) is 0. The maximum absolute atomic E-state index is 9.28. The molecule has 0 saturated heterocycles. The van der Waals surface area contributed by atoms with Crippen LogP contribution in [0.25, 0.3) is 0 Å². The largest absolute Gasteiger partial charge is 0.396 e. The van der Waals surface area contributed by atoms with E-state index >= 15 is 0 Å². The van der Waals surface area contributed by atoms with Crippen molar-refractivity contribution >= 4 is 0 Å². The summed E-state index contributed by atoms with van der Waals surface area (Å²) in [5, 5.41) is 9.28. The van der Waals surface area contributed by atoms with Gasteiger partial charge in [0.2, 0.25) is 0 Å². The van der Waals surface area contributed by atoms with Gasteiger partial charge < -0.3 is 5.11 Å². The molecule has 0 heterocycles. The third-order valence-electron chi connectivity index (χ3n) is 3.36. The van der Waals surface area contributed by atoms with Crippen LogP contribution in [0, 0.1) is 5.41 Å². The van der Waals surface area contributed by atoms with E-state index in [2.05, 4.69) is 31.2 Å². The van der Waals surface area contributed by atoms with Gasteiger partial charge in [-0.2, -0.15) is 0 Å². The summed E-state index contributed by atoms with van der Waals surface area (Å²) in [4.78, 5) is 0. The highest BCUT2D eigenvalue weighted by molar-refractivity contribution is 5.29. The summed E-state index contributed by atoms with van der Waals surface area (Å²) in [6.07, 6.45) is 4.55. The Labute approximate surface area is 85.8 Å². The van der Waals surface area contributed by atoms with Crippen LogP contribution in [0.5, 0.6) is 0 Å². The molecule has 1 aromatic rings. The lowest BCUT2D eigenvalue weighted by Gasteiger charge is -2.14. The molecule has 14 heavy (non-hydrogen) atoms. The maximum atomic E-state index is 9.28. The first-order valence-corrected chi connectivity index (χ1v) is 5.47. The van der Waals surface area contributed by atoms with Crippen LogP contribution in [0.15, 0.2) is 24.3 Å². The molecule has 0 unspecified atom stereocenters. The summed E-state index contributed by atoms with van der Waals surface area (Å²) < 4.78 is 0. The Kier molecular flexibility index (Phi) is 2.60. The second-order valence-corrected chi connectivity index (χ2v) is 4.46. The highest BCUT2D eigenvalue weighted by Crippen LogP contribution is 2.48. The lowest BCUT2D eigenvalue weighted by atomic mass is 9.93. The van der Waals surface area contributed by atoms with E-state index in [0.717, 1.165) is 12.8 Å². The number of aliphatic hydroxyl groups excluding tert-OH is 1. The molecule has 0 atom stereocenters. The number of rotatable bonds is 4. The molecule has 1 nitrogen and oxygen atoms in total. The first kappa shape index (κ1) is 9.72. The van der Waals surface area contributed by atoms with Crippen molar-refractivity contribution in [3.8, 4) is 0 Å². The highest BCUT2D eigenvalue weighted by atomic mass is 16.3. The standard InChI is InChI=1S/C13H18O/c1-2-11-5-3-4-6-12(11)9-13(10-14)7-8-13/h3-6,14H,2,7-10H2,1H3. The van der Waals surface area contributed by atoms with Crippen LogP contribution in [0.1, 0.15) is 30.9 Å². The van der Waals surface area contributed by atoms with E-state index in [-0.39, 0.29) is 5.41 Å². The molecule has 1 N–H and O–H groups in total. The molecule has 1 heteroatoms. The van der Waals surface area contributed by atoms with Crippen LogP contribution >= 0.6 is 0 Å². The fourth-order valence-corrected chi connectivity index (χ4v) is 2.05. The molecule has 1 aromatic carbocycles. The third kappa shape index (κ3) is 1.83. The van der Waals surface area contributed by atoms with Crippen LogP contribution in [0.2, 0.25) is 0 Å². The van der Waals surface area contributed by atoms with Gasteiger partial charge in [-0.05, 0) is 42.2 Å². The zero-order chi connectivity index (χ0) is 10.0. The van der Waals surface area contributed by atoms with E-state index in [1.807, 2.05) is 0 Å². The van der Waals surface area contributed by atoms with Crippen molar-refractivity contribution in [1.82, 2.24) is 0 Å². The zero-order valence-corrected chi connectivity index (χ0v) is 8.79. The van der Waals surface area contributed by atoms with Gasteiger partial charge in [0.25, 0.3) is 0 Å². The van der Waals surface area contributed by atoms with Crippen LogP contribution in [0.4, 0.5) is 0 Å². The molecule has 1 aliphatic rings. The predicted octanol–water partition coefficient (Wildman–Crippen LogP) is 2.56. The molecule has 1 saturated carbocycles. The van der Waals surface area contributed by atoms with Crippen molar-refractivity contribution in [2.24, 2.45) is 5.41 Å². The van der Waals surface area contributed by atoms with Crippen molar-refractivity contribution in [2.75, 3.05) is 6.61 Å². The zero-order valence-electron chi connectivity index (χ0n) is 8.79. The molecule has 1 fully saturated rings. The van der Waals surface area contributed by atoms with Gasteiger partial charge in [0, 0.05) is 6.61 Å². The van der Waals surface area contributed by atoms with Gasteiger partial charge in [-0.15, -0.1) is 0 Å². The third-order valence-corrected chi connectivity index (χ3v) is 3.36. The minimum absolute atomic E-state index is 0.241. The molecular formula is C13H18O. The second kappa shape index (κ2) is 3.74. The molecule has 0 spiro atoms. The fraction of sp³-hybridized carbons (Fsp3) is 0.538. The van der Waals surface area contributed by atoms with E-state index < -0.39 is 0 Å². The second-order valence-electron chi connectivity index (χ2n) is 4.46. The van der Waals surface area contributed by atoms with Gasteiger partial charge in [-0.1, -0.05) is 31.2 Å². The van der Waals surface area contributed by atoms with Gasteiger partial charge in [-0.25, -0.2) is 0 Å². The van der Waals surface area contributed by atoms with Gasteiger partial charge >= 0.3 is 0 Å². The van der Waals surface area contributed by atoms with Gasteiger partial charge in [0.1, 0.15) is 0 Å². The lowest BCUT2D eigenvalue weighted by Crippen LogP contribution is -2.11. The van der Waals surface area contributed by atoms with Gasteiger partial charge in [0.15, 0.2) is 0 Å². The fourth-order valence-electron chi connectivity index (χ4n) is 2.05. The number of hydrogen-bond donors (Lipinski definition) is 1. The van der Waals surface area contributed by atoms with Crippen molar-refractivity contribution in [3.05, 3.63) is 35.4 Å². The Morgan fingerprint density at radius 3 is 2.36 bits per heavy atom. The van der Waals surface area contributed by atoms with E-state index in [9.17, 15) is 5.11 Å². The highest BCUT2D eigenvalue weighted by Gasteiger charge is 2.41. The van der Waals surface area contributed by atoms with Crippen LogP contribution in [-0.2, 0) is 12.8 Å². The monoisotopic (exact) mass is 190 g/mol. The van der Waals surface area contributed by atoms with E-state index in [1.165, 1.54) is 24.0 Å². The summed E-state index contributed by atoms with van der Waals surface area (Å²) in [6, 6.07) is 8.60. The Hall–Kier alpha value is -0.820.